The van der Waals surface area contributed by atoms with Gasteiger partial charge in [-0.2, -0.15) is 5.10 Å². The number of aryl methyl sites for hydroxylation is 1. The van der Waals surface area contributed by atoms with E-state index in [0.717, 1.165) is 12.8 Å². The summed E-state index contributed by atoms with van der Waals surface area (Å²) in [7, 11) is 0. The van der Waals surface area contributed by atoms with Gasteiger partial charge in [0, 0.05) is 6.54 Å². The predicted molar refractivity (Wildman–Crippen MR) is 79.2 cm³/mol. The van der Waals surface area contributed by atoms with Gasteiger partial charge in [-0.25, -0.2) is 4.68 Å². The number of aromatic nitrogens is 2. The molecule has 0 atom stereocenters. The van der Waals surface area contributed by atoms with E-state index in [-0.39, 0.29) is 23.8 Å². The van der Waals surface area contributed by atoms with Gasteiger partial charge in [0.15, 0.2) is 0 Å². The first-order chi connectivity index (χ1) is 9.53. The third-order valence-electron chi connectivity index (χ3n) is 3.39. The van der Waals surface area contributed by atoms with E-state index in [1.54, 1.807) is 0 Å². The molecule has 0 aliphatic carbocycles. The van der Waals surface area contributed by atoms with Crippen molar-refractivity contribution in [2.24, 2.45) is 0 Å². The molecule has 0 spiro atoms. The highest BCUT2D eigenvalue weighted by Gasteiger charge is 2.27. The van der Waals surface area contributed by atoms with Crippen molar-refractivity contribution in [3.05, 3.63) is 21.6 Å². The minimum Gasteiger partial charge on any atom is -0.394 e. The van der Waals surface area contributed by atoms with Gasteiger partial charge in [-0.15, -0.1) is 0 Å². The second-order valence-corrected chi connectivity index (χ2v) is 5.21. The van der Waals surface area contributed by atoms with Crippen LogP contribution < -0.4 is 10.9 Å². The molecule has 1 heterocycles. The van der Waals surface area contributed by atoms with Crippen LogP contribution in [0.2, 0.25) is 5.02 Å². The van der Waals surface area contributed by atoms with Crippen molar-refractivity contribution < 1.29 is 10.2 Å². The van der Waals surface area contributed by atoms with E-state index in [1.165, 1.54) is 10.9 Å². The van der Waals surface area contributed by atoms with E-state index in [1.807, 2.05) is 13.8 Å². The molecular formula is C13H22ClN3O3. The lowest BCUT2D eigenvalue weighted by molar-refractivity contribution is 0.132. The molecule has 0 amide bonds. The first-order valence-corrected chi connectivity index (χ1v) is 7.17. The molecular weight excluding hydrogens is 282 g/mol. The van der Waals surface area contributed by atoms with Crippen LogP contribution in [0.25, 0.3) is 0 Å². The van der Waals surface area contributed by atoms with Gasteiger partial charge >= 0.3 is 0 Å². The summed E-state index contributed by atoms with van der Waals surface area (Å²) < 4.78 is 1.32. The normalized spacial score (nSPS) is 11.7. The van der Waals surface area contributed by atoms with Gasteiger partial charge in [0.2, 0.25) is 0 Å². The van der Waals surface area contributed by atoms with E-state index in [9.17, 15) is 15.0 Å². The number of nitrogens with one attached hydrogen (secondary N) is 1. The van der Waals surface area contributed by atoms with Crippen molar-refractivity contribution in [3.63, 3.8) is 0 Å². The molecule has 7 heteroatoms. The maximum Gasteiger partial charge on any atom is 0.287 e. The number of unbranched alkanes of at least 4 members (excludes halogenated alkanes) is 1. The van der Waals surface area contributed by atoms with Crippen molar-refractivity contribution in [1.29, 1.82) is 0 Å². The second-order valence-electron chi connectivity index (χ2n) is 4.83. The summed E-state index contributed by atoms with van der Waals surface area (Å²) in [5.74, 6) is 0. The number of rotatable bonds is 8. The van der Waals surface area contributed by atoms with Gasteiger partial charge in [-0.3, -0.25) is 4.79 Å². The Morgan fingerprint density at radius 2 is 2.05 bits per heavy atom. The Kier molecular flexibility index (Phi) is 6.45. The molecule has 3 N–H and O–H groups in total. The molecule has 0 saturated heterocycles. The Balaban J connectivity index is 3.03. The van der Waals surface area contributed by atoms with Crippen molar-refractivity contribution in [2.75, 3.05) is 18.5 Å². The van der Waals surface area contributed by atoms with E-state index < -0.39 is 5.54 Å². The van der Waals surface area contributed by atoms with Gasteiger partial charge in [0.1, 0.15) is 5.02 Å². The van der Waals surface area contributed by atoms with Crippen LogP contribution in [0, 0.1) is 0 Å². The topological polar surface area (TPSA) is 87.4 Å². The van der Waals surface area contributed by atoms with Gasteiger partial charge < -0.3 is 15.5 Å². The highest BCUT2D eigenvalue weighted by molar-refractivity contribution is 6.32. The first kappa shape index (κ1) is 16.9. The van der Waals surface area contributed by atoms with Crippen LogP contribution in [-0.2, 0) is 6.54 Å². The average molecular weight is 304 g/mol. The number of hydrogen-bond donors (Lipinski definition) is 3. The molecule has 0 aromatic carbocycles. The van der Waals surface area contributed by atoms with Crippen molar-refractivity contribution in [1.82, 2.24) is 9.78 Å². The van der Waals surface area contributed by atoms with Crippen LogP contribution >= 0.6 is 11.6 Å². The van der Waals surface area contributed by atoms with E-state index in [4.69, 9.17) is 11.6 Å². The zero-order valence-electron chi connectivity index (χ0n) is 11.9. The van der Waals surface area contributed by atoms with E-state index >= 15 is 0 Å². The van der Waals surface area contributed by atoms with E-state index in [2.05, 4.69) is 10.4 Å². The number of hydrogen-bond acceptors (Lipinski definition) is 5. The van der Waals surface area contributed by atoms with Crippen LogP contribution in [0.5, 0.6) is 0 Å². The van der Waals surface area contributed by atoms with Gasteiger partial charge in [-0.1, -0.05) is 31.9 Å². The number of halogens is 1. The minimum atomic E-state index is -0.909. The summed E-state index contributed by atoms with van der Waals surface area (Å²) in [5.41, 5.74) is -0.951. The highest BCUT2D eigenvalue weighted by Crippen LogP contribution is 2.22. The number of anilines is 1. The van der Waals surface area contributed by atoms with Crippen molar-refractivity contribution in [3.8, 4) is 0 Å². The molecule has 0 fully saturated rings. The summed E-state index contributed by atoms with van der Waals surface area (Å²) in [4.78, 5) is 12.0. The van der Waals surface area contributed by atoms with Crippen LogP contribution in [-0.4, -0.2) is 38.7 Å². The fraction of sp³-hybridized carbons (Fsp3) is 0.692. The molecule has 6 nitrogen and oxygen atoms in total. The SMILES string of the molecule is CCCCn1ncc(NC(CC)(CO)CO)c(Cl)c1=O. The predicted octanol–water partition coefficient (Wildman–Crippen LogP) is 1.24. The molecule has 1 aromatic rings. The summed E-state index contributed by atoms with van der Waals surface area (Å²) in [6.07, 6.45) is 3.74. The molecule has 114 valence electrons. The third-order valence-corrected chi connectivity index (χ3v) is 3.76. The number of aliphatic hydroxyl groups excluding tert-OH is 2. The first-order valence-electron chi connectivity index (χ1n) is 6.79. The van der Waals surface area contributed by atoms with E-state index in [0.29, 0.717) is 18.7 Å². The molecule has 1 rings (SSSR count). The summed E-state index contributed by atoms with van der Waals surface area (Å²) in [6, 6.07) is 0. The minimum absolute atomic E-state index is 0.0239. The molecule has 20 heavy (non-hydrogen) atoms. The average Bonchev–Trinajstić information content (AvgIpc) is 2.48. The summed E-state index contributed by atoms with van der Waals surface area (Å²) >= 11 is 6.06. The lowest BCUT2D eigenvalue weighted by Gasteiger charge is -2.31. The Hall–Kier alpha value is -1.11. The molecule has 0 bridgehead atoms. The lowest BCUT2D eigenvalue weighted by atomic mass is 9.98. The Morgan fingerprint density at radius 3 is 2.55 bits per heavy atom. The van der Waals surface area contributed by atoms with Gasteiger partial charge in [0.25, 0.3) is 5.56 Å². The summed E-state index contributed by atoms with van der Waals surface area (Å²) in [5, 5.41) is 25.8. The number of nitrogens with zero attached hydrogens (tertiary/aromatic N) is 2. The smallest absolute Gasteiger partial charge is 0.287 e. The fourth-order valence-corrected chi connectivity index (χ4v) is 1.94. The zero-order valence-corrected chi connectivity index (χ0v) is 12.7. The second kappa shape index (κ2) is 7.61. The van der Waals surface area contributed by atoms with Crippen LogP contribution in [0.15, 0.2) is 11.0 Å². The van der Waals surface area contributed by atoms with Gasteiger partial charge in [-0.05, 0) is 12.8 Å². The molecule has 0 aliphatic heterocycles. The molecule has 0 radical (unpaired) electrons. The summed E-state index contributed by atoms with van der Waals surface area (Å²) in [6.45, 7) is 3.84. The van der Waals surface area contributed by atoms with Crippen LogP contribution in [0.3, 0.4) is 0 Å². The monoisotopic (exact) mass is 303 g/mol. The van der Waals surface area contributed by atoms with Crippen LogP contribution in [0.1, 0.15) is 33.1 Å². The largest absolute Gasteiger partial charge is 0.394 e. The highest BCUT2D eigenvalue weighted by atomic mass is 35.5. The Labute approximate surface area is 123 Å². The van der Waals surface area contributed by atoms with Crippen LogP contribution in [0.4, 0.5) is 5.69 Å². The quantitative estimate of drug-likeness (QED) is 0.672. The Morgan fingerprint density at radius 1 is 1.40 bits per heavy atom. The molecule has 0 saturated carbocycles. The van der Waals surface area contributed by atoms with Crippen molar-refractivity contribution >= 4 is 17.3 Å². The number of aliphatic hydroxyl groups is 2. The van der Waals surface area contributed by atoms with Crippen molar-refractivity contribution in [2.45, 2.75) is 45.2 Å². The maximum absolute atomic E-state index is 12.0. The molecule has 0 unspecified atom stereocenters. The standard InChI is InChI=1S/C13H22ClN3O3/c1-3-5-6-17-12(20)11(14)10(7-15-17)16-13(4-2,8-18)9-19/h7,16,18-19H,3-6,8-9H2,1-2H3. The fourth-order valence-electron chi connectivity index (χ4n) is 1.75. The zero-order chi connectivity index (χ0) is 15.2. The lowest BCUT2D eigenvalue weighted by Crippen LogP contribution is -2.45. The third kappa shape index (κ3) is 3.71. The maximum atomic E-state index is 12.0. The van der Waals surface area contributed by atoms with Gasteiger partial charge in [0.05, 0.1) is 30.6 Å². The molecule has 0 aliphatic rings. The Bertz CT molecular complexity index is 478. The molecule has 1 aromatic heterocycles.